The molecule has 0 unspecified atom stereocenters. The first-order valence-corrected chi connectivity index (χ1v) is 10.4. The highest BCUT2D eigenvalue weighted by Gasteiger charge is 2.25. The zero-order valence-corrected chi connectivity index (χ0v) is 15.9. The Morgan fingerprint density at radius 2 is 2.17 bits per heavy atom. The molecule has 0 aromatic heterocycles. The van der Waals surface area contributed by atoms with Crippen LogP contribution in [0.1, 0.15) is 10.1 Å². The highest BCUT2D eigenvalue weighted by atomic mass is 32.2. The smallest absolute Gasteiger partial charge is 0.322 e. The lowest BCUT2D eigenvalue weighted by Crippen LogP contribution is -2.50. The second-order valence-electron chi connectivity index (χ2n) is 6.33. The Hall–Kier alpha value is -0.890. The Morgan fingerprint density at radius 3 is 2.92 bits per heavy atom. The Balaban J connectivity index is 1.59. The molecule has 5 nitrogen and oxygen atoms in total. The number of hydrogen-bond acceptors (Lipinski definition) is 5. The van der Waals surface area contributed by atoms with E-state index in [-0.39, 0.29) is 12.1 Å². The number of anilines is 1. The lowest BCUT2D eigenvalue weighted by Gasteiger charge is -2.34. The number of ether oxygens (including phenoxy) is 1. The number of nitrogens with zero attached hydrogens (tertiary/aromatic N) is 2. The van der Waals surface area contributed by atoms with Gasteiger partial charge in [-0.3, -0.25) is 0 Å². The van der Waals surface area contributed by atoms with Crippen LogP contribution in [0.4, 0.5) is 10.5 Å². The summed E-state index contributed by atoms with van der Waals surface area (Å²) >= 11 is 3.95. The van der Waals surface area contributed by atoms with Gasteiger partial charge < -0.3 is 19.9 Å². The molecule has 1 atom stereocenters. The van der Waals surface area contributed by atoms with Gasteiger partial charge in [-0.15, -0.1) is 23.5 Å². The molecule has 0 aliphatic carbocycles. The summed E-state index contributed by atoms with van der Waals surface area (Å²) in [7, 11) is 4.04. The number of urea groups is 1. The largest absolute Gasteiger partial charge is 0.373 e. The molecule has 0 spiro atoms. The molecule has 24 heavy (non-hydrogen) atoms. The number of benzene rings is 1. The van der Waals surface area contributed by atoms with Crippen molar-refractivity contribution in [3.63, 3.8) is 0 Å². The summed E-state index contributed by atoms with van der Waals surface area (Å²) in [5.74, 6) is 2.40. The van der Waals surface area contributed by atoms with Gasteiger partial charge in [-0.25, -0.2) is 4.79 Å². The van der Waals surface area contributed by atoms with E-state index in [1.165, 1.54) is 17.1 Å². The molecule has 2 saturated heterocycles. The van der Waals surface area contributed by atoms with Crippen LogP contribution in [0.25, 0.3) is 0 Å². The molecule has 2 heterocycles. The molecule has 2 aliphatic heterocycles. The van der Waals surface area contributed by atoms with Crippen molar-refractivity contribution < 1.29 is 9.53 Å². The number of hydrogen-bond donors (Lipinski definition) is 1. The summed E-state index contributed by atoms with van der Waals surface area (Å²) in [5.41, 5.74) is 2.16. The van der Waals surface area contributed by atoms with Crippen LogP contribution in [0.2, 0.25) is 0 Å². The van der Waals surface area contributed by atoms with Crippen molar-refractivity contribution in [2.24, 2.45) is 0 Å². The fraction of sp³-hybridized carbons (Fsp3) is 0.588. The number of morpholine rings is 1. The molecule has 2 aliphatic rings. The quantitative estimate of drug-likeness (QED) is 0.886. The van der Waals surface area contributed by atoms with Crippen molar-refractivity contribution in [3.05, 3.63) is 29.8 Å². The number of thioether (sulfide) groups is 2. The third-order valence-electron chi connectivity index (χ3n) is 4.03. The van der Waals surface area contributed by atoms with Gasteiger partial charge in [-0.05, 0) is 31.8 Å². The van der Waals surface area contributed by atoms with E-state index in [4.69, 9.17) is 4.74 Å². The van der Waals surface area contributed by atoms with E-state index in [2.05, 4.69) is 22.3 Å². The number of amides is 2. The van der Waals surface area contributed by atoms with Gasteiger partial charge in [0.25, 0.3) is 0 Å². The van der Waals surface area contributed by atoms with Gasteiger partial charge in [0.05, 0.1) is 17.3 Å². The highest BCUT2D eigenvalue weighted by Crippen LogP contribution is 2.45. The third-order valence-corrected chi connectivity index (χ3v) is 7.13. The summed E-state index contributed by atoms with van der Waals surface area (Å²) in [5, 5.41) is 3.05. The van der Waals surface area contributed by atoms with Crippen LogP contribution in [0.5, 0.6) is 0 Å². The number of carbonyl (C=O) groups is 1. The van der Waals surface area contributed by atoms with Gasteiger partial charge in [0.2, 0.25) is 0 Å². The topological polar surface area (TPSA) is 44.8 Å². The molecule has 0 saturated carbocycles. The molecule has 132 valence electrons. The van der Waals surface area contributed by atoms with Gasteiger partial charge in [-0.2, -0.15) is 0 Å². The molecular formula is C17H25N3O2S2. The minimum atomic E-state index is -0.0362. The second kappa shape index (κ2) is 8.47. The minimum absolute atomic E-state index is 0.0362. The summed E-state index contributed by atoms with van der Waals surface area (Å²) in [6.45, 7) is 2.71. The van der Waals surface area contributed by atoms with Crippen LogP contribution < -0.4 is 5.32 Å². The lowest BCUT2D eigenvalue weighted by molar-refractivity contribution is -0.0228. The molecule has 0 bridgehead atoms. The average Bonchev–Trinajstić information content (AvgIpc) is 3.09. The molecule has 2 fully saturated rings. The Kier molecular flexibility index (Phi) is 6.32. The Labute approximate surface area is 152 Å². The van der Waals surface area contributed by atoms with Gasteiger partial charge in [0, 0.05) is 36.8 Å². The van der Waals surface area contributed by atoms with Crippen molar-refractivity contribution in [3.8, 4) is 0 Å². The van der Waals surface area contributed by atoms with E-state index in [9.17, 15) is 4.79 Å². The molecule has 2 amide bonds. The van der Waals surface area contributed by atoms with Gasteiger partial charge in [0.15, 0.2) is 0 Å². The van der Waals surface area contributed by atoms with Crippen LogP contribution in [-0.2, 0) is 4.74 Å². The SMILES string of the molecule is CN(C)C[C@H]1CN(C(=O)Nc2cccc(C3SCCS3)c2)CCO1. The molecule has 0 radical (unpaired) electrons. The van der Waals surface area contributed by atoms with E-state index in [0.717, 1.165) is 12.2 Å². The van der Waals surface area contributed by atoms with Crippen LogP contribution in [0.15, 0.2) is 24.3 Å². The standard InChI is InChI=1S/C17H25N3O2S2/c1-19(2)11-15-12-20(6-7-22-15)17(21)18-14-5-3-4-13(10-14)16-23-8-9-24-16/h3-5,10,15-16H,6-9,11-12H2,1-2H3,(H,18,21)/t15-/m0/s1. The zero-order valence-electron chi connectivity index (χ0n) is 14.2. The van der Waals surface area contributed by atoms with E-state index < -0.39 is 0 Å². The molecule has 1 aromatic carbocycles. The maximum absolute atomic E-state index is 12.6. The average molecular weight is 368 g/mol. The van der Waals surface area contributed by atoms with Gasteiger partial charge in [-0.1, -0.05) is 12.1 Å². The highest BCUT2D eigenvalue weighted by molar-refractivity contribution is 8.19. The number of nitrogens with one attached hydrogen (secondary N) is 1. The van der Waals surface area contributed by atoms with Crippen LogP contribution >= 0.6 is 23.5 Å². The van der Waals surface area contributed by atoms with Gasteiger partial charge in [0.1, 0.15) is 0 Å². The predicted molar refractivity (Wildman–Crippen MR) is 103 cm³/mol. The number of rotatable bonds is 4. The summed E-state index contributed by atoms with van der Waals surface area (Å²) in [4.78, 5) is 16.5. The van der Waals surface area contributed by atoms with Crippen LogP contribution in [0.3, 0.4) is 0 Å². The fourth-order valence-electron chi connectivity index (χ4n) is 2.94. The fourth-order valence-corrected chi connectivity index (χ4v) is 5.78. The first-order chi connectivity index (χ1) is 11.6. The Bertz CT molecular complexity index is 565. The van der Waals surface area contributed by atoms with Crippen LogP contribution in [-0.4, -0.2) is 73.8 Å². The predicted octanol–water partition coefficient (Wildman–Crippen LogP) is 2.96. The summed E-state index contributed by atoms with van der Waals surface area (Å²) < 4.78 is 6.23. The van der Waals surface area contributed by atoms with E-state index in [1.54, 1.807) is 0 Å². The third kappa shape index (κ3) is 4.81. The monoisotopic (exact) mass is 367 g/mol. The van der Waals surface area contributed by atoms with E-state index >= 15 is 0 Å². The van der Waals surface area contributed by atoms with Crippen LogP contribution in [0, 0.1) is 0 Å². The van der Waals surface area contributed by atoms with Gasteiger partial charge >= 0.3 is 6.03 Å². The summed E-state index contributed by atoms with van der Waals surface area (Å²) in [6.07, 6.45) is 0.0807. The van der Waals surface area contributed by atoms with Crippen molar-refractivity contribution in [1.82, 2.24) is 9.80 Å². The summed E-state index contributed by atoms with van der Waals surface area (Å²) in [6, 6.07) is 8.20. The van der Waals surface area contributed by atoms with E-state index in [0.29, 0.717) is 24.3 Å². The van der Waals surface area contributed by atoms with Crippen molar-refractivity contribution in [1.29, 1.82) is 0 Å². The first kappa shape index (κ1) is 17.9. The number of likely N-dealkylation sites (N-methyl/N-ethyl adjacent to an activating group) is 1. The van der Waals surface area contributed by atoms with Crippen molar-refractivity contribution >= 4 is 35.2 Å². The zero-order chi connectivity index (χ0) is 16.9. The maximum atomic E-state index is 12.6. The molecular weight excluding hydrogens is 342 g/mol. The molecule has 3 rings (SSSR count). The van der Waals surface area contributed by atoms with E-state index in [1.807, 2.05) is 54.7 Å². The normalized spacial score (nSPS) is 22.1. The molecule has 1 N–H and O–H groups in total. The van der Waals surface area contributed by atoms with Crippen molar-refractivity contribution in [2.75, 3.05) is 57.2 Å². The molecule has 1 aromatic rings. The second-order valence-corrected chi connectivity index (χ2v) is 9.05. The number of carbonyl (C=O) groups excluding carboxylic acids is 1. The minimum Gasteiger partial charge on any atom is -0.373 e. The van der Waals surface area contributed by atoms with Crippen molar-refractivity contribution in [2.45, 2.75) is 10.7 Å². The maximum Gasteiger partial charge on any atom is 0.322 e. The lowest BCUT2D eigenvalue weighted by atomic mass is 10.2. The first-order valence-electron chi connectivity index (χ1n) is 8.27. The Morgan fingerprint density at radius 1 is 1.38 bits per heavy atom. The molecule has 7 heteroatoms.